The molecule has 9 heteroatoms. The fourth-order valence-corrected chi connectivity index (χ4v) is 3.09. The van der Waals surface area contributed by atoms with Crippen LogP contribution in [-0.4, -0.2) is 39.5 Å². The van der Waals surface area contributed by atoms with Crippen molar-refractivity contribution in [3.05, 3.63) is 28.3 Å². The van der Waals surface area contributed by atoms with Gasteiger partial charge in [-0.25, -0.2) is 13.1 Å². The van der Waals surface area contributed by atoms with Crippen molar-refractivity contribution in [2.24, 2.45) is 5.73 Å². The Kier molecular flexibility index (Phi) is 4.45. The van der Waals surface area contributed by atoms with Crippen LogP contribution in [-0.2, 0) is 10.0 Å². The Morgan fingerprint density at radius 1 is 1.38 bits per heavy atom. The van der Waals surface area contributed by atoms with Crippen LogP contribution in [0.2, 0.25) is 0 Å². The molecule has 8 nitrogen and oxygen atoms in total. The molecule has 1 saturated heterocycles. The predicted octanol–water partition coefficient (Wildman–Crippen LogP) is 0.430. The summed E-state index contributed by atoms with van der Waals surface area (Å²) in [6, 6.07) is 4.07. The van der Waals surface area contributed by atoms with E-state index in [0.717, 1.165) is 18.9 Å². The van der Waals surface area contributed by atoms with Gasteiger partial charge in [0, 0.05) is 25.2 Å². The second kappa shape index (κ2) is 5.96. The number of nitrogens with one attached hydrogen (secondary N) is 1. The molecule has 1 aromatic rings. The third-order valence-electron chi connectivity index (χ3n) is 3.60. The van der Waals surface area contributed by atoms with Crippen LogP contribution in [0.25, 0.3) is 0 Å². The number of nitro benzene ring substituents is 1. The molecule has 0 unspecified atom stereocenters. The average molecular weight is 314 g/mol. The van der Waals surface area contributed by atoms with Crippen LogP contribution in [0.1, 0.15) is 12.8 Å². The maximum atomic E-state index is 11.7. The van der Waals surface area contributed by atoms with Crippen LogP contribution >= 0.6 is 0 Å². The van der Waals surface area contributed by atoms with E-state index >= 15 is 0 Å². The van der Waals surface area contributed by atoms with Crippen LogP contribution in [0.5, 0.6) is 0 Å². The molecular formula is C12H18N4O4S. The topological polar surface area (TPSA) is 119 Å². The molecule has 0 saturated carbocycles. The van der Waals surface area contributed by atoms with Crippen LogP contribution < -0.4 is 15.4 Å². The third kappa shape index (κ3) is 3.31. The van der Waals surface area contributed by atoms with Crippen molar-refractivity contribution in [3.63, 3.8) is 0 Å². The maximum absolute atomic E-state index is 11.7. The Bertz CT molecular complexity index is 639. The van der Waals surface area contributed by atoms with Gasteiger partial charge in [0.15, 0.2) is 0 Å². The van der Waals surface area contributed by atoms with Gasteiger partial charge < -0.3 is 10.6 Å². The van der Waals surface area contributed by atoms with E-state index in [2.05, 4.69) is 4.72 Å². The summed E-state index contributed by atoms with van der Waals surface area (Å²) in [5.74, 6) is 0. The van der Waals surface area contributed by atoms with Crippen molar-refractivity contribution < 1.29 is 13.3 Å². The number of hydrogen-bond donors (Lipinski definition) is 2. The molecule has 0 aromatic heterocycles. The number of hydrogen-bond acceptors (Lipinski definition) is 6. The van der Waals surface area contributed by atoms with Gasteiger partial charge in [-0.15, -0.1) is 0 Å². The van der Waals surface area contributed by atoms with Gasteiger partial charge in [-0.3, -0.25) is 10.1 Å². The van der Waals surface area contributed by atoms with Gasteiger partial charge in [0.1, 0.15) is 5.69 Å². The smallest absolute Gasteiger partial charge is 0.293 e. The zero-order valence-electron chi connectivity index (χ0n) is 11.7. The Balaban J connectivity index is 2.41. The zero-order chi connectivity index (χ0) is 15.6. The summed E-state index contributed by atoms with van der Waals surface area (Å²) in [5, 5.41) is 11.2. The average Bonchev–Trinajstić information content (AvgIpc) is 2.47. The van der Waals surface area contributed by atoms with E-state index in [-0.39, 0.29) is 16.6 Å². The Morgan fingerprint density at radius 3 is 2.52 bits per heavy atom. The van der Waals surface area contributed by atoms with E-state index in [1.807, 2.05) is 4.90 Å². The van der Waals surface area contributed by atoms with Crippen LogP contribution in [0.4, 0.5) is 11.4 Å². The lowest BCUT2D eigenvalue weighted by Crippen LogP contribution is -2.39. The van der Waals surface area contributed by atoms with Gasteiger partial charge in [-0.05, 0) is 32.0 Å². The lowest BCUT2D eigenvalue weighted by molar-refractivity contribution is -0.384. The van der Waals surface area contributed by atoms with Gasteiger partial charge >= 0.3 is 0 Å². The Hall–Kier alpha value is -1.71. The highest BCUT2D eigenvalue weighted by molar-refractivity contribution is 7.89. The fourth-order valence-electron chi connectivity index (χ4n) is 2.34. The summed E-state index contributed by atoms with van der Waals surface area (Å²) in [6.07, 6.45) is 1.52. The van der Waals surface area contributed by atoms with Crippen molar-refractivity contribution in [2.45, 2.75) is 23.8 Å². The van der Waals surface area contributed by atoms with E-state index in [9.17, 15) is 18.5 Å². The van der Waals surface area contributed by atoms with Crippen molar-refractivity contribution >= 4 is 21.4 Å². The minimum Gasteiger partial charge on any atom is -0.366 e. The van der Waals surface area contributed by atoms with E-state index in [1.54, 1.807) is 0 Å². The highest BCUT2D eigenvalue weighted by Gasteiger charge is 2.25. The minimum atomic E-state index is -3.70. The SMILES string of the molecule is CNS(=O)(=O)c1ccc(N2CCC(N)CC2)c([N+](=O)[O-])c1. The van der Waals surface area contributed by atoms with Crippen molar-refractivity contribution in [1.29, 1.82) is 0 Å². The molecule has 0 aliphatic carbocycles. The van der Waals surface area contributed by atoms with Gasteiger partial charge in [0.25, 0.3) is 5.69 Å². The Morgan fingerprint density at radius 2 is 2.00 bits per heavy atom. The quantitative estimate of drug-likeness (QED) is 0.614. The highest BCUT2D eigenvalue weighted by Crippen LogP contribution is 2.32. The van der Waals surface area contributed by atoms with E-state index in [4.69, 9.17) is 5.73 Å². The van der Waals surface area contributed by atoms with Crippen LogP contribution in [0.15, 0.2) is 23.1 Å². The molecular weight excluding hydrogens is 296 g/mol. The molecule has 0 spiro atoms. The van der Waals surface area contributed by atoms with Crippen LogP contribution in [0.3, 0.4) is 0 Å². The molecule has 1 fully saturated rings. The van der Waals surface area contributed by atoms with Crippen LogP contribution in [0, 0.1) is 10.1 Å². The first-order valence-corrected chi connectivity index (χ1v) is 8.06. The van der Waals surface area contributed by atoms with E-state index in [0.29, 0.717) is 18.8 Å². The third-order valence-corrected chi connectivity index (χ3v) is 5.01. The summed E-state index contributed by atoms with van der Waals surface area (Å²) in [5.41, 5.74) is 6.05. The van der Waals surface area contributed by atoms with Crippen molar-refractivity contribution in [3.8, 4) is 0 Å². The summed E-state index contributed by atoms with van der Waals surface area (Å²) in [6.45, 7) is 1.25. The van der Waals surface area contributed by atoms with Gasteiger partial charge in [-0.1, -0.05) is 0 Å². The zero-order valence-corrected chi connectivity index (χ0v) is 12.5. The summed E-state index contributed by atoms with van der Waals surface area (Å²) in [4.78, 5) is 12.4. The lowest BCUT2D eigenvalue weighted by atomic mass is 10.1. The van der Waals surface area contributed by atoms with Gasteiger partial charge in [-0.2, -0.15) is 0 Å². The molecule has 0 amide bonds. The molecule has 1 aliphatic rings. The molecule has 1 heterocycles. The Labute approximate surface area is 123 Å². The summed E-state index contributed by atoms with van der Waals surface area (Å²) < 4.78 is 25.6. The van der Waals surface area contributed by atoms with E-state index in [1.165, 1.54) is 19.2 Å². The minimum absolute atomic E-state index is 0.115. The molecule has 0 atom stereocenters. The van der Waals surface area contributed by atoms with Gasteiger partial charge in [0.2, 0.25) is 10.0 Å². The summed E-state index contributed by atoms with van der Waals surface area (Å²) in [7, 11) is -2.44. The molecule has 116 valence electrons. The molecule has 21 heavy (non-hydrogen) atoms. The number of benzene rings is 1. The molecule has 1 aromatic carbocycles. The largest absolute Gasteiger partial charge is 0.366 e. The molecule has 2 rings (SSSR count). The second-order valence-corrected chi connectivity index (χ2v) is 6.83. The number of sulfonamides is 1. The van der Waals surface area contributed by atoms with Gasteiger partial charge in [0.05, 0.1) is 9.82 Å². The van der Waals surface area contributed by atoms with Crippen molar-refractivity contribution in [1.82, 2.24) is 4.72 Å². The van der Waals surface area contributed by atoms with Crippen molar-refractivity contribution in [2.75, 3.05) is 25.0 Å². The highest BCUT2D eigenvalue weighted by atomic mass is 32.2. The first-order valence-electron chi connectivity index (χ1n) is 6.57. The monoisotopic (exact) mass is 314 g/mol. The second-order valence-electron chi connectivity index (χ2n) is 4.94. The normalized spacial score (nSPS) is 17.0. The number of rotatable bonds is 4. The summed E-state index contributed by atoms with van der Waals surface area (Å²) >= 11 is 0. The molecule has 1 aliphatic heterocycles. The number of nitrogens with zero attached hydrogens (tertiary/aromatic N) is 2. The molecule has 3 N–H and O–H groups in total. The molecule has 0 radical (unpaired) electrons. The fraction of sp³-hybridized carbons (Fsp3) is 0.500. The number of anilines is 1. The number of nitrogens with two attached hydrogens (primary N) is 1. The first-order chi connectivity index (χ1) is 9.85. The first kappa shape index (κ1) is 15.7. The standard InChI is InChI=1S/C12H18N4O4S/c1-14-21(19,20)10-2-3-11(12(8-10)16(17)18)15-6-4-9(13)5-7-15/h2-3,8-9,14H,4-7,13H2,1H3. The maximum Gasteiger partial charge on any atom is 0.293 e. The van der Waals surface area contributed by atoms with E-state index < -0.39 is 14.9 Å². The predicted molar refractivity (Wildman–Crippen MR) is 78.8 cm³/mol. The lowest BCUT2D eigenvalue weighted by Gasteiger charge is -2.31. The molecule has 0 bridgehead atoms. The number of piperidine rings is 1. The number of nitro groups is 1.